The maximum absolute atomic E-state index is 10.9. The lowest BCUT2D eigenvalue weighted by Crippen LogP contribution is -2.10. The van der Waals surface area contributed by atoms with Gasteiger partial charge in [0.15, 0.2) is 0 Å². The van der Waals surface area contributed by atoms with Gasteiger partial charge in [0.1, 0.15) is 6.61 Å². The summed E-state index contributed by atoms with van der Waals surface area (Å²) < 4.78 is 9.73. The van der Waals surface area contributed by atoms with Crippen molar-refractivity contribution in [3.63, 3.8) is 0 Å². The first-order valence-electron chi connectivity index (χ1n) is 7.68. The molecule has 0 unspecified atom stereocenters. The van der Waals surface area contributed by atoms with E-state index in [1.54, 1.807) is 0 Å². The van der Waals surface area contributed by atoms with E-state index in [0.29, 0.717) is 6.61 Å². The standard InChI is InChI=1S/C19H21ClO3/c1-22-19(21)14-23-13-3-2-4-15-5-7-16(8-6-15)17-9-11-18(20)12-10-17/h5-12H,2-4,13-14H2,1H3. The zero-order valence-corrected chi connectivity index (χ0v) is 14.0. The van der Waals surface area contributed by atoms with Crippen molar-refractivity contribution in [2.75, 3.05) is 20.3 Å². The van der Waals surface area contributed by atoms with E-state index in [1.807, 2.05) is 24.3 Å². The predicted octanol–water partition coefficient (Wildman–Crippen LogP) is 4.52. The van der Waals surface area contributed by atoms with Gasteiger partial charge in [0.2, 0.25) is 0 Å². The minimum Gasteiger partial charge on any atom is -0.467 e. The number of rotatable bonds is 8. The second kappa shape index (κ2) is 9.33. The number of carbonyl (C=O) groups excluding carboxylic acids is 1. The molecule has 2 aromatic rings. The fraction of sp³-hybridized carbons (Fsp3) is 0.316. The summed E-state index contributed by atoms with van der Waals surface area (Å²) in [6, 6.07) is 16.4. The molecule has 23 heavy (non-hydrogen) atoms. The lowest BCUT2D eigenvalue weighted by Gasteiger charge is -2.06. The van der Waals surface area contributed by atoms with Crippen LogP contribution in [0.3, 0.4) is 0 Å². The minimum absolute atomic E-state index is 0.0340. The smallest absolute Gasteiger partial charge is 0.331 e. The molecule has 0 saturated carbocycles. The van der Waals surface area contributed by atoms with Crippen LogP contribution >= 0.6 is 11.6 Å². The first-order valence-corrected chi connectivity index (χ1v) is 8.06. The molecule has 4 heteroatoms. The molecule has 0 aliphatic carbocycles. The third kappa shape index (κ3) is 6.05. The van der Waals surface area contributed by atoms with Crippen LogP contribution in [0, 0.1) is 0 Å². The second-order valence-electron chi connectivity index (χ2n) is 5.29. The zero-order chi connectivity index (χ0) is 16.5. The molecule has 0 atom stereocenters. The van der Waals surface area contributed by atoms with Crippen LogP contribution in [-0.2, 0) is 20.7 Å². The number of hydrogen-bond donors (Lipinski definition) is 0. The average molecular weight is 333 g/mol. The van der Waals surface area contributed by atoms with Crippen LogP contribution in [-0.4, -0.2) is 26.3 Å². The topological polar surface area (TPSA) is 35.5 Å². The summed E-state index contributed by atoms with van der Waals surface area (Å²) in [5.41, 5.74) is 3.65. The normalized spacial score (nSPS) is 10.5. The average Bonchev–Trinajstić information content (AvgIpc) is 2.59. The van der Waals surface area contributed by atoms with E-state index in [1.165, 1.54) is 18.2 Å². The van der Waals surface area contributed by atoms with Crippen molar-refractivity contribution in [2.24, 2.45) is 0 Å². The Balaban J connectivity index is 1.73. The van der Waals surface area contributed by atoms with Crippen molar-refractivity contribution < 1.29 is 14.3 Å². The number of carbonyl (C=O) groups is 1. The highest BCUT2D eigenvalue weighted by Gasteiger charge is 2.01. The van der Waals surface area contributed by atoms with Gasteiger partial charge in [-0.25, -0.2) is 4.79 Å². The second-order valence-corrected chi connectivity index (χ2v) is 5.73. The molecule has 0 saturated heterocycles. The summed E-state index contributed by atoms with van der Waals surface area (Å²) in [5.74, 6) is -0.331. The van der Waals surface area contributed by atoms with Gasteiger partial charge in [-0.15, -0.1) is 0 Å². The quantitative estimate of drug-likeness (QED) is 0.526. The van der Waals surface area contributed by atoms with Crippen LogP contribution in [0.1, 0.15) is 18.4 Å². The fourth-order valence-electron chi connectivity index (χ4n) is 2.25. The number of halogens is 1. The summed E-state index contributed by atoms with van der Waals surface area (Å²) in [4.78, 5) is 10.9. The van der Waals surface area contributed by atoms with Gasteiger partial charge < -0.3 is 9.47 Å². The van der Waals surface area contributed by atoms with E-state index in [0.717, 1.165) is 29.8 Å². The van der Waals surface area contributed by atoms with E-state index in [2.05, 4.69) is 29.0 Å². The van der Waals surface area contributed by atoms with Gasteiger partial charge in [0.05, 0.1) is 7.11 Å². The van der Waals surface area contributed by atoms with Gasteiger partial charge in [-0.2, -0.15) is 0 Å². The van der Waals surface area contributed by atoms with Crippen molar-refractivity contribution in [1.29, 1.82) is 0 Å². The highest BCUT2D eigenvalue weighted by Crippen LogP contribution is 2.22. The number of benzene rings is 2. The summed E-state index contributed by atoms with van der Waals surface area (Å²) in [7, 11) is 1.36. The van der Waals surface area contributed by atoms with E-state index in [4.69, 9.17) is 16.3 Å². The molecular weight excluding hydrogens is 312 g/mol. The molecule has 0 spiro atoms. The molecule has 0 radical (unpaired) electrons. The number of aryl methyl sites for hydroxylation is 1. The summed E-state index contributed by atoms with van der Waals surface area (Å²) >= 11 is 5.91. The highest BCUT2D eigenvalue weighted by molar-refractivity contribution is 6.30. The Bertz CT molecular complexity index is 606. The largest absolute Gasteiger partial charge is 0.467 e. The molecule has 0 bridgehead atoms. The molecular formula is C19H21ClO3. The van der Waals surface area contributed by atoms with E-state index in [-0.39, 0.29) is 12.6 Å². The maximum atomic E-state index is 10.9. The van der Waals surface area contributed by atoms with Gasteiger partial charge >= 0.3 is 5.97 Å². The lowest BCUT2D eigenvalue weighted by atomic mass is 10.0. The molecule has 0 fully saturated rings. The van der Waals surface area contributed by atoms with E-state index in [9.17, 15) is 4.79 Å². The Morgan fingerprint density at radius 1 is 0.957 bits per heavy atom. The Kier molecular flexibility index (Phi) is 7.11. The maximum Gasteiger partial charge on any atom is 0.331 e. The Morgan fingerprint density at radius 3 is 2.17 bits per heavy atom. The number of ether oxygens (including phenoxy) is 2. The molecule has 122 valence electrons. The van der Waals surface area contributed by atoms with Crippen LogP contribution in [0.25, 0.3) is 11.1 Å². The van der Waals surface area contributed by atoms with E-state index >= 15 is 0 Å². The molecule has 0 N–H and O–H groups in total. The molecule has 0 amide bonds. The minimum atomic E-state index is -0.331. The fourth-order valence-corrected chi connectivity index (χ4v) is 2.38. The third-order valence-corrected chi connectivity index (χ3v) is 3.84. The van der Waals surface area contributed by atoms with Gasteiger partial charge in [-0.05, 0) is 48.1 Å². The van der Waals surface area contributed by atoms with Crippen LogP contribution in [0.4, 0.5) is 0 Å². The van der Waals surface area contributed by atoms with Gasteiger partial charge in [-0.1, -0.05) is 48.0 Å². The number of methoxy groups -OCH3 is 1. The number of hydrogen-bond acceptors (Lipinski definition) is 3. The molecule has 0 aliphatic rings. The van der Waals surface area contributed by atoms with Crippen molar-refractivity contribution in [1.82, 2.24) is 0 Å². The first-order chi connectivity index (χ1) is 11.2. The van der Waals surface area contributed by atoms with Crippen LogP contribution < -0.4 is 0 Å². The van der Waals surface area contributed by atoms with Crippen molar-refractivity contribution >= 4 is 17.6 Å². The molecule has 0 aromatic heterocycles. The monoisotopic (exact) mass is 332 g/mol. The SMILES string of the molecule is COC(=O)COCCCCc1ccc(-c2ccc(Cl)cc2)cc1. The molecule has 2 aromatic carbocycles. The molecule has 0 heterocycles. The summed E-state index contributed by atoms with van der Waals surface area (Å²) in [6.07, 6.45) is 2.96. The first kappa shape index (κ1) is 17.5. The van der Waals surface area contributed by atoms with Crippen LogP contribution in [0.5, 0.6) is 0 Å². The van der Waals surface area contributed by atoms with Gasteiger partial charge in [0, 0.05) is 11.6 Å². The molecule has 3 nitrogen and oxygen atoms in total. The lowest BCUT2D eigenvalue weighted by molar-refractivity contribution is -0.145. The van der Waals surface area contributed by atoms with Gasteiger partial charge in [-0.3, -0.25) is 0 Å². The number of unbranched alkanes of at least 4 members (excludes halogenated alkanes) is 1. The third-order valence-electron chi connectivity index (χ3n) is 3.58. The van der Waals surface area contributed by atoms with Crippen LogP contribution in [0.2, 0.25) is 5.02 Å². The Labute approximate surface area is 142 Å². The zero-order valence-electron chi connectivity index (χ0n) is 13.3. The van der Waals surface area contributed by atoms with Crippen molar-refractivity contribution in [3.05, 3.63) is 59.1 Å². The highest BCUT2D eigenvalue weighted by atomic mass is 35.5. The summed E-state index contributed by atoms with van der Waals surface area (Å²) in [6.45, 7) is 0.615. The summed E-state index contributed by atoms with van der Waals surface area (Å²) in [5, 5.41) is 0.750. The molecule has 2 rings (SSSR count). The predicted molar refractivity (Wildman–Crippen MR) is 92.7 cm³/mol. The molecule has 0 aliphatic heterocycles. The van der Waals surface area contributed by atoms with Crippen LogP contribution in [0.15, 0.2) is 48.5 Å². The van der Waals surface area contributed by atoms with Gasteiger partial charge in [0.25, 0.3) is 0 Å². The Morgan fingerprint density at radius 2 is 1.57 bits per heavy atom. The Hall–Kier alpha value is -1.84. The number of esters is 1. The van der Waals surface area contributed by atoms with E-state index < -0.39 is 0 Å². The van der Waals surface area contributed by atoms with Crippen molar-refractivity contribution in [2.45, 2.75) is 19.3 Å². The van der Waals surface area contributed by atoms with Crippen molar-refractivity contribution in [3.8, 4) is 11.1 Å².